The van der Waals surface area contributed by atoms with E-state index in [1.54, 1.807) is 36.4 Å². The number of halogens is 1. The van der Waals surface area contributed by atoms with E-state index in [0.717, 1.165) is 16.8 Å². The van der Waals surface area contributed by atoms with Crippen LogP contribution in [-0.4, -0.2) is 18.4 Å². The Morgan fingerprint density at radius 1 is 0.931 bits per heavy atom. The zero-order valence-corrected chi connectivity index (χ0v) is 16.8. The van der Waals surface area contributed by atoms with Gasteiger partial charge in [0.15, 0.2) is 0 Å². The van der Waals surface area contributed by atoms with E-state index in [0.29, 0.717) is 22.8 Å². The molecule has 0 saturated carbocycles. The van der Waals surface area contributed by atoms with Crippen LogP contribution in [-0.2, 0) is 11.3 Å². The Labute approximate surface area is 175 Å². The number of rotatable bonds is 7. The Bertz CT molecular complexity index is 1010. The average molecular weight is 408 g/mol. The van der Waals surface area contributed by atoms with Gasteiger partial charge in [-0.25, -0.2) is 0 Å². The molecule has 0 aliphatic rings. The van der Waals surface area contributed by atoms with Crippen LogP contribution >= 0.6 is 11.6 Å². The molecule has 0 aliphatic carbocycles. The van der Waals surface area contributed by atoms with Crippen molar-refractivity contribution in [3.63, 3.8) is 0 Å². The first-order valence-electron chi connectivity index (χ1n) is 9.23. The van der Waals surface area contributed by atoms with Gasteiger partial charge in [-0.3, -0.25) is 9.59 Å². The Morgan fingerprint density at radius 3 is 2.52 bits per heavy atom. The highest BCUT2D eigenvalue weighted by Gasteiger charge is 2.09. The van der Waals surface area contributed by atoms with E-state index in [-0.39, 0.29) is 18.4 Å². The van der Waals surface area contributed by atoms with Crippen molar-refractivity contribution in [2.45, 2.75) is 13.5 Å². The van der Waals surface area contributed by atoms with Gasteiger partial charge in [-0.1, -0.05) is 54.1 Å². The Kier molecular flexibility index (Phi) is 6.87. The molecule has 0 bridgehead atoms. The molecule has 0 unspecified atom stereocenters. The maximum atomic E-state index is 12.4. The summed E-state index contributed by atoms with van der Waals surface area (Å²) in [5, 5.41) is 9.36. The number of amides is 2. The maximum Gasteiger partial charge on any atom is 0.251 e. The summed E-state index contributed by atoms with van der Waals surface area (Å²) in [6.07, 6.45) is 0. The predicted octanol–water partition coefficient (Wildman–Crippen LogP) is 4.63. The summed E-state index contributed by atoms with van der Waals surface area (Å²) < 4.78 is 0. The van der Waals surface area contributed by atoms with Crippen LogP contribution in [0.5, 0.6) is 0 Å². The van der Waals surface area contributed by atoms with E-state index >= 15 is 0 Å². The third kappa shape index (κ3) is 6.09. The molecule has 3 rings (SSSR count). The van der Waals surface area contributed by atoms with Gasteiger partial charge in [0, 0.05) is 28.5 Å². The van der Waals surface area contributed by atoms with Crippen molar-refractivity contribution in [3.05, 3.63) is 94.5 Å². The molecule has 148 valence electrons. The molecule has 0 radical (unpaired) electrons. The second kappa shape index (κ2) is 9.75. The molecule has 0 saturated heterocycles. The van der Waals surface area contributed by atoms with Gasteiger partial charge < -0.3 is 16.0 Å². The van der Waals surface area contributed by atoms with E-state index in [1.807, 2.05) is 43.3 Å². The molecule has 0 aliphatic heterocycles. The normalized spacial score (nSPS) is 10.3. The monoisotopic (exact) mass is 407 g/mol. The van der Waals surface area contributed by atoms with Crippen molar-refractivity contribution >= 4 is 34.8 Å². The zero-order valence-electron chi connectivity index (χ0n) is 16.0. The van der Waals surface area contributed by atoms with Crippen LogP contribution in [0.15, 0.2) is 72.8 Å². The third-order valence-electron chi connectivity index (χ3n) is 4.34. The van der Waals surface area contributed by atoms with Gasteiger partial charge in [-0.15, -0.1) is 0 Å². The van der Waals surface area contributed by atoms with Gasteiger partial charge in [-0.05, 0) is 48.4 Å². The molecule has 29 heavy (non-hydrogen) atoms. The lowest BCUT2D eigenvalue weighted by molar-refractivity contribution is -0.114. The molecule has 3 aromatic rings. The molecular weight excluding hydrogens is 386 g/mol. The molecule has 2 amide bonds. The van der Waals surface area contributed by atoms with Gasteiger partial charge in [0.25, 0.3) is 5.91 Å². The van der Waals surface area contributed by atoms with Gasteiger partial charge in [0.2, 0.25) is 5.91 Å². The molecule has 0 fully saturated rings. The molecule has 0 aromatic heterocycles. The highest BCUT2D eigenvalue weighted by Crippen LogP contribution is 2.20. The third-order valence-corrected chi connectivity index (χ3v) is 4.58. The summed E-state index contributed by atoms with van der Waals surface area (Å²) in [6, 6.07) is 22.0. The number of benzene rings is 3. The lowest BCUT2D eigenvalue weighted by Gasteiger charge is -2.11. The zero-order chi connectivity index (χ0) is 20.6. The fraction of sp³-hybridized carbons (Fsp3) is 0.130. The Balaban J connectivity index is 1.55. The molecular formula is C23H22ClN3O2. The summed E-state index contributed by atoms with van der Waals surface area (Å²) in [6.45, 7) is 2.47. The lowest BCUT2D eigenvalue weighted by atomic mass is 10.1. The molecule has 6 heteroatoms. The minimum Gasteiger partial charge on any atom is -0.376 e. The number of carbonyl (C=O) groups excluding carboxylic acids is 2. The molecule has 3 aromatic carbocycles. The number of aryl methyl sites for hydroxylation is 1. The standard InChI is InChI=1S/C23H22ClN3O2/c1-16-10-11-19(24)13-21(16)25-15-22(28)27-20-9-5-8-18(12-20)23(29)26-14-17-6-3-2-4-7-17/h2-13,25H,14-15H2,1H3,(H,26,29)(H,27,28). The van der Waals surface area contributed by atoms with Gasteiger partial charge in [-0.2, -0.15) is 0 Å². The van der Waals surface area contributed by atoms with Gasteiger partial charge >= 0.3 is 0 Å². The first kappa shape index (κ1) is 20.4. The lowest BCUT2D eigenvalue weighted by Crippen LogP contribution is -2.24. The predicted molar refractivity (Wildman–Crippen MR) is 117 cm³/mol. The number of hydrogen-bond donors (Lipinski definition) is 3. The quantitative estimate of drug-likeness (QED) is 0.534. The van der Waals surface area contributed by atoms with Crippen molar-refractivity contribution in [1.29, 1.82) is 0 Å². The number of carbonyl (C=O) groups is 2. The van der Waals surface area contributed by atoms with Crippen LogP contribution < -0.4 is 16.0 Å². The Morgan fingerprint density at radius 2 is 1.72 bits per heavy atom. The van der Waals surface area contributed by atoms with Crippen LogP contribution in [0, 0.1) is 6.92 Å². The fourth-order valence-electron chi connectivity index (χ4n) is 2.78. The van der Waals surface area contributed by atoms with E-state index in [4.69, 9.17) is 11.6 Å². The first-order valence-corrected chi connectivity index (χ1v) is 9.61. The summed E-state index contributed by atoms with van der Waals surface area (Å²) in [4.78, 5) is 24.7. The van der Waals surface area contributed by atoms with Crippen molar-refractivity contribution in [3.8, 4) is 0 Å². The molecule has 5 nitrogen and oxygen atoms in total. The molecule has 0 heterocycles. The minimum absolute atomic E-state index is 0.0889. The second-order valence-corrected chi connectivity index (χ2v) is 7.05. The second-order valence-electron chi connectivity index (χ2n) is 6.61. The molecule has 0 spiro atoms. The number of hydrogen-bond acceptors (Lipinski definition) is 3. The smallest absolute Gasteiger partial charge is 0.251 e. The van der Waals surface area contributed by atoms with E-state index < -0.39 is 0 Å². The number of nitrogens with one attached hydrogen (secondary N) is 3. The molecule has 3 N–H and O–H groups in total. The largest absolute Gasteiger partial charge is 0.376 e. The van der Waals surface area contributed by atoms with E-state index in [1.165, 1.54) is 0 Å². The number of anilines is 2. The van der Waals surface area contributed by atoms with Crippen molar-refractivity contribution < 1.29 is 9.59 Å². The van der Waals surface area contributed by atoms with Crippen molar-refractivity contribution in [2.75, 3.05) is 17.2 Å². The summed E-state index contributed by atoms with van der Waals surface area (Å²) in [5.41, 5.74) is 3.87. The molecule has 0 atom stereocenters. The highest BCUT2D eigenvalue weighted by atomic mass is 35.5. The topological polar surface area (TPSA) is 70.2 Å². The van der Waals surface area contributed by atoms with Crippen LogP contribution in [0.4, 0.5) is 11.4 Å². The van der Waals surface area contributed by atoms with Crippen LogP contribution in [0.25, 0.3) is 0 Å². The van der Waals surface area contributed by atoms with Gasteiger partial charge in [0.1, 0.15) is 0 Å². The first-order chi connectivity index (χ1) is 14.0. The van der Waals surface area contributed by atoms with Crippen LogP contribution in [0.2, 0.25) is 5.02 Å². The van der Waals surface area contributed by atoms with Gasteiger partial charge in [0.05, 0.1) is 6.54 Å². The van der Waals surface area contributed by atoms with Crippen LogP contribution in [0.3, 0.4) is 0 Å². The van der Waals surface area contributed by atoms with Crippen LogP contribution in [0.1, 0.15) is 21.5 Å². The summed E-state index contributed by atoms with van der Waals surface area (Å²) in [7, 11) is 0. The fourth-order valence-corrected chi connectivity index (χ4v) is 2.96. The Hall–Kier alpha value is -3.31. The SMILES string of the molecule is Cc1ccc(Cl)cc1NCC(=O)Nc1cccc(C(=O)NCc2ccccc2)c1. The minimum atomic E-state index is -0.216. The van der Waals surface area contributed by atoms with E-state index in [9.17, 15) is 9.59 Å². The summed E-state index contributed by atoms with van der Waals surface area (Å²) in [5.74, 6) is -0.413. The van der Waals surface area contributed by atoms with Crippen molar-refractivity contribution in [1.82, 2.24) is 5.32 Å². The summed E-state index contributed by atoms with van der Waals surface area (Å²) >= 11 is 6.00. The highest BCUT2D eigenvalue weighted by molar-refractivity contribution is 6.30. The van der Waals surface area contributed by atoms with Crippen molar-refractivity contribution in [2.24, 2.45) is 0 Å². The maximum absolute atomic E-state index is 12.4. The van der Waals surface area contributed by atoms with E-state index in [2.05, 4.69) is 16.0 Å². The average Bonchev–Trinajstić information content (AvgIpc) is 2.73.